The number of nitrogens with zero attached hydrogens (tertiary/aromatic N) is 1. The SMILES string of the molecule is O=C(O)C[C@H](O)C[C@H](O)C=Cc1c(C2CC2)nc2ccccc2c1-c1ccc(F)cc1.[Na]. The number of rotatable bonds is 8. The van der Waals surface area contributed by atoms with Crippen molar-refractivity contribution < 1.29 is 24.5 Å². The van der Waals surface area contributed by atoms with Gasteiger partial charge in [0.1, 0.15) is 5.82 Å². The van der Waals surface area contributed by atoms with Crippen molar-refractivity contribution in [3.63, 3.8) is 0 Å². The van der Waals surface area contributed by atoms with E-state index in [2.05, 4.69) is 0 Å². The van der Waals surface area contributed by atoms with Crippen LogP contribution in [0.1, 0.15) is 42.9 Å². The van der Waals surface area contributed by atoms with Gasteiger partial charge < -0.3 is 15.3 Å². The molecule has 0 aliphatic heterocycles. The fraction of sp³-hybridized carbons (Fsp3) is 0.280. The monoisotopic (exact) mass is 444 g/mol. The molecule has 1 fully saturated rings. The Morgan fingerprint density at radius 1 is 1.12 bits per heavy atom. The molecule has 0 unspecified atom stereocenters. The molecule has 2 aromatic carbocycles. The van der Waals surface area contributed by atoms with Crippen LogP contribution in [0.4, 0.5) is 4.39 Å². The molecule has 2 atom stereocenters. The second-order valence-electron chi connectivity index (χ2n) is 8.00. The molecule has 0 spiro atoms. The third kappa shape index (κ3) is 5.82. The molecule has 1 radical (unpaired) electrons. The van der Waals surface area contributed by atoms with Gasteiger partial charge in [0.25, 0.3) is 0 Å². The van der Waals surface area contributed by atoms with Crippen LogP contribution < -0.4 is 0 Å². The number of carbonyl (C=O) groups is 1. The van der Waals surface area contributed by atoms with Crippen LogP contribution in [0.15, 0.2) is 54.6 Å². The average Bonchev–Trinajstić information content (AvgIpc) is 3.56. The smallest absolute Gasteiger partial charge is 0.305 e. The van der Waals surface area contributed by atoms with Crippen molar-refractivity contribution in [2.24, 2.45) is 0 Å². The molecule has 1 aromatic heterocycles. The Hall–Kier alpha value is -2.09. The third-order valence-electron chi connectivity index (χ3n) is 5.47. The predicted molar refractivity (Wildman–Crippen MR) is 123 cm³/mol. The Balaban J connectivity index is 0.00000289. The Morgan fingerprint density at radius 2 is 1.81 bits per heavy atom. The average molecular weight is 444 g/mol. The summed E-state index contributed by atoms with van der Waals surface area (Å²) in [5.41, 5.74) is 4.43. The van der Waals surface area contributed by atoms with Crippen molar-refractivity contribution in [2.75, 3.05) is 0 Å². The normalized spacial score (nSPS) is 15.5. The van der Waals surface area contributed by atoms with Crippen molar-refractivity contribution in [1.82, 2.24) is 4.98 Å². The number of halogens is 1. The van der Waals surface area contributed by atoms with E-state index in [4.69, 9.17) is 10.1 Å². The first-order valence-electron chi connectivity index (χ1n) is 10.4. The van der Waals surface area contributed by atoms with Crippen molar-refractivity contribution in [1.29, 1.82) is 0 Å². The van der Waals surface area contributed by atoms with Gasteiger partial charge in [-0.3, -0.25) is 9.78 Å². The summed E-state index contributed by atoms with van der Waals surface area (Å²) in [6.45, 7) is 0. The van der Waals surface area contributed by atoms with E-state index in [9.17, 15) is 19.4 Å². The van der Waals surface area contributed by atoms with Crippen molar-refractivity contribution in [3.05, 3.63) is 71.7 Å². The molecule has 3 N–H and O–H groups in total. The van der Waals surface area contributed by atoms with E-state index in [1.54, 1.807) is 24.3 Å². The van der Waals surface area contributed by atoms with Crippen molar-refractivity contribution >= 4 is 52.5 Å². The molecular weight excluding hydrogens is 420 g/mol. The predicted octanol–water partition coefficient (Wildman–Crippen LogP) is 4.14. The quantitative estimate of drug-likeness (QED) is 0.455. The molecule has 0 saturated heterocycles. The fourth-order valence-corrected chi connectivity index (χ4v) is 3.86. The van der Waals surface area contributed by atoms with Gasteiger partial charge in [-0.2, -0.15) is 0 Å². The van der Waals surface area contributed by atoms with Crippen molar-refractivity contribution in [3.8, 4) is 11.1 Å². The summed E-state index contributed by atoms with van der Waals surface area (Å²) in [4.78, 5) is 15.6. The summed E-state index contributed by atoms with van der Waals surface area (Å²) in [5.74, 6) is -1.10. The first-order valence-corrected chi connectivity index (χ1v) is 10.4. The number of para-hydroxylation sites is 1. The van der Waals surface area contributed by atoms with E-state index in [1.807, 2.05) is 24.3 Å². The molecule has 4 rings (SSSR count). The number of aliphatic hydroxyl groups excluding tert-OH is 2. The molecule has 32 heavy (non-hydrogen) atoms. The molecule has 0 bridgehead atoms. The molecule has 5 nitrogen and oxygen atoms in total. The van der Waals surface area contributed by atoms with Gasteiger partial charge in [0.05, 0.1) is 29.8 Å². The zero-order valence-electron chi connectivity index (χ0n) is 17.9. The summed E-state index contributed by atoms with van der Waals surface area (Å²) in [6.07, 6.45) is 2.80. The zero-order chi connectivity index (χ0) is 22.0. The number of aliphatic carboxylic acids is 1. The van der Waals surface area contributed by atoms with Crippen molar-refractivity contribution in [2.45, 2.75) is 43.8 Å². The number of hydrogen-bond acceptors (Lipinski definition) is 4. The van der Waals surface area contributed by atoms with E-state index in [0.29, 0.717) is 5.92 Å². The molecule has 161 valence electrons. The maximum absolute atomic E-state index is 13.6. The minimum atomic E-state index is -1.13. The Morgan fingerprint density at radius 3 is 2.47 bits per heavy atom. The summed E-state index contributed by atoms with van der Waals surface area (Å²) in [6, 6.07) is 14.1. The van der Waals surface area contributed by atoms with Gasteiger partial charge in [-0.25, -0.2) is 4.39 Å². The summed E-state index contributed by atoms with van der Waals surface area (Å²) in [5, 5.41) is 29.9. The van der Waals surface area contributed by atoms with Gasteiger partial charge in [0, 0.05) is 58.4 Å². The number of hydrogen-bond donors (Lipinski definition) is 3. The summed E-state index contributed by atoms with van der Waals surface area (Å²) in [7, 11) is 0. The van der Waals surface area contributed by atoms with E-state index in [-0.39, 0.29) is 41.8 Å². The zero-order valence-corrected chi connectivity index (χ0v) is 19.9. The fourth-order valence-electron chi connectivity index (χ4n) is 3.86. The second kappa shape index (κ2) is 10.7. The van der Waals surface area contributed by atoms with Crippen LogP contribution in [-0.2, 0) is 4.79 Å². The molecule has 1 aliphatic carbocycles. The van der Waals surface area contributed by atoms with E-state index >= 15 is 0 Å². The Bertz CT molecular complexity index is 1130. The van der Waals surface area contributed by atoms with E-state index < -0.39 is 24.6 Å². The van der Waals surface area contributed by atoms with Crippen LogP contribution in [0.25, 0.3) is 28.1 Å². The maximum Gasteiger partial charge on any atom is 0.305 e. The number of carboxylic acids is 1. The summed E-state index contributed by atoms with van der Waals surface area (Å²) >= 11 is 0. The Kier molecular flexibility index (Phi) is 8.20. The van der Waals surface area contributed by atoms with Gasteiger partial charge in [-0.15, -0.1) is 0 Å². The van der Waals surface area contributed by atoms with Crippen LogP contribution in [0.3, 0.4) is 0 Å². The number of pyridine rings is 1. The van der Waals surface area contributed by atoms with Gasteiger partial charge in [-0.05, 0) is 36.6 Å². The minimum Gasteiger partial charge on any atom is -0.481 e. The first-order chi connectivity index (χ1) is 14.9. The van der Waals surface area contributed by atoms with Gasteiger partial charge in [-0.1, -0.05) is 42.5 Å². The molecule has 7 heteroatoms. The Labute approximate surface area is 207 Å². The van der Waals surface area contributed by atoms with E-state index in [1.165, 1.54) is 12.1 Å². The molecule has 3 aromatic rings. The summed E-state index contributed by atoms with van der Waals surface area (Å²) < 4.78 is 13.6. The number of aromatic nitrogens is 1. The van der Waals surface area contributed by atoms with Crippen LogP contribution >= 0.6 is 0 Å². The second-order valence-corrected chi connectivity index (χ2v) is 8.00. The van der Waals surface area contributed by atoms with Gasteiger partial charge >= 0.3 is 5.97 Å². The molecule has 0 amide bonds. The van der Waals surface area contributed by atoms with Crippen LogP contribution in [0.5, 0.6) is 0 Å². The molecule has 1 saturated carbocycles. The molecule has 1 heterocycles. The van der Waals surface area contributed by atoms with Gasteiger partial charge in [0.2, 0.25) is 0 Å². The standard InChI is InChI=1S/C25H24FNO4.Na/c26-17-9-7-15(8-10-17)24-20-3-1-2-4-22(20)27-25(16-5-6-16)21(24)12-11-18(28)13-19(29)14-23(30)31;/h1-4,7-12,16,18-19,28-29H,5-6,13-14H2,(H,30,31);/t18-,19-;/m1./s1. The number of fused-ring (bicyclic) bond motifs is 1. The number of benzene rings is 2. The number of carboxylic acid groups (broad SMARTS) is 1. The van der Waals surface area contributed by atoms with Crippen LogP contribution in [-0.4, -0.2) is 68.0 Å². The molecular formula is C25H24FNNaO4. The van der Waals surface area contributed by atoms with Crippen LogP contribution in [0.2, 0.25) is 0 Å². The number of aliphatic hydroxyl groups is 2. The topological polar surface area (TPSA) is 90.7 Å². The van der Waals surface area contributed by atoms with Crippen LogP contribution in [0, 0.1) is 5.82 Å². The third-order valence-corrected chi connectivity index (χ3v) is 5.47. The molecule has 1 aliphatic rings. The van der Waals surface area contributed by atoms with Gasteiger partial charge in [0.15, 0.2) is 0 Å². The first kappa shape index (κ1) is 24.6. The minimum absolute atomic E-state index is 0. The largest absolute Gasteiger partial charge is 0.481 e. The maximum atomic E-state index is 13.6. The van der Waals surface area contributed by atoms with E-state index in [0.717, 1.165) is 46.1 Å².